The van der Waals surface area contributed by atoms with Crippen molar-refractivity contribution in [2.75, 3.05) is 7.11 Å². The maximum atomic E-state index is 11.2. The van der Waals surface area contributed by atoms with Crippen LogP contribution in [0.15, 0.2) is 24.7 Å². The quantitative estimate of drug-likeness (QED) is 0.639. The van der Waals surface area contributed by atoms with Crippen LogP contribution in [0.25, 0.3) is 5.52 Å². The summed E-state index contributed by atoms with van der Waals surface area (Å²) < 4.78 is 6.43. The number of aryl methyl sites for hydroxylation is 1. The fourth-order valence-electron chi connectivity index (χ4n) is 1.37. The summed E-state index contributed by atoms with van der Waals surface area (Å²) in [7, 11) is 1.37. The van der Waals surface area contributed by atoms with E-state index >= 15 is 0 Å². The molecule has 72 valence electrons. The number of hydrogen-bond donors (Lipinski definition) is 0. The number of esters is 1. The van der Waals surface area contributed by atoms with Crippen LogP contribution in [-0.2, 0) is 4.74 Å². The molecule has 0 aliphatic heterocycles. The summed E-state index contributed by atoms with van der Waals surface area (Å²) in [5, 5.41) is 0. The van der Waals surface area contributed by atoms with E-state index in [-0.39, 0.29) is 5.97 Å². The fraction of sp³-hybridized carbons (Fsp3) is 0.200. The van der Waals surface area contributed by atoms with Crippen LogP contribution in [0.5, 0.6) is 0 Å². The monoisotopic (exact) mass is 190 g/mol. The molecular weight excluding hydrogens is 180 g/mol. The summed E-state index contributed by atoms with van der Waals surface area (Å²) in [5.41, 5.74) is 2.47. The van der Waals surface area contributed by atoms with E-state index < -0.39 is 0 Å². The molecule has 4 heteroatoms. The Balaban J connectivity index is 2.57. The number of carbonyl (C=O) groups is 1. The van der Waals surface area contributed by atoms with E-state index in [1.165, 1.54) is 7.11 Å². The number of rotatable bonds is 1. The predicted octanol–water partition coefficient (Wildman–Crippen LogP) is 1.43. The van der Waals surface area contributed by atoms with Gasteiger partial charge in [0.2, 0.25) is 0 Å². The number of hydrogen-bond acceptors (Lipinski definition) is 3. The first-order valence-electron chi connectivity index (χ1n) is 4.24. The topological polar surface area (TPSA) is 43.6 Å². The molecule has 0 saturated heterocycles. The lowest BCUT2D eigenvalue weighted by Gasteiger charge is -2.00. The Hall–Kier alpha value is -1.84. The van der Waals surface area contributed by atoms with Crippen LogP contribution in [0.2, 0.25) is 0 Å². The maximum Gasteiger partial charge on any atom is 0.339 e. The summed E-state index contributed by atoms with van der Waals surface area (Å²) in [5.74, 6) is -0.335. The first-order chi connectivity index (χ1) is 6.72. The molecule has 0 radical (unpaired) electrons. The van der Waals surface area contributed by atoms with Crippen molar-refractivity contribution in [2.24, 2.45) is 0 Å². The first kappa shape index (κ1) is 8.74. The Morgan fingerprint density at radius 1 is 1.50 bits per heavy atom. The zero-order chi connectivity index (χ0) is 10.1. The van der Waals surface area contributed by atoms with E-state index in [4.69, 9.17) is 0 Å². The van der Waals surface area contributed by atoms with E-state index in [9.17, 15) is 4.79 Å². The molecule has 0 unspecified atom stereocenters. The lowest BCUT2D eigenvalue weighted by Crippen LogP contribution is -2.02. The second-order valence-electron chi connectivity index (χ2n) is 3.03. The predicted molar refractivity (Wildman–Crippen MR) is 51.3 cm³/mol. The van der Waals surface area contributed by atoms with Gasteiger partial charge in [0, 0.05) is 6.20 Å². The van der Waals surface area contributed by atoms with E-state index in [1.807, 2.05) is 17.4 Å². The molecular formula is C10H10N2O2. The van der Waals surface area contributed by atoms with Crippen LogP contribution in [0, 0.1) is 6.92 Å². The summed E-state index contributed by atoms with van der Waals surface area (Å²) in [6.07, 6.45) is 3.39. The minimum Gasteiger partial charge on any atom is -0.465 e. The van der Waals surface area contributed by atoms with Crippen LogP contribution in [0.1, 0.15) is 16.1 Å². The molecule has 0 N–H and O–H groups in total. The summed E-state index contributed by atoms with van der Waals surface area (Å²) in [6, 6.07) is 3.59. The molecule has 0 atom stereocenters. The van der Waals surface area contributed by atoms with Crippen molar-refractivity contribution in [3.8, 4) is 0 Å². The zero-order valence-electron chi connectivity index (χ0n) is 8.02. The molecule has 0 aromatic carbocycles. The van der Waals surface area contributed by atoms with Gasteiger partial charge in [0.25, 0.3) is 0 Å². The highest BCUT2D eigenvalue weighted by Crippen LogP contribution is 2.10. The van der Waals surface area contributed by atoms with Gasteiger partial charge in [0.15, 0.2) is 0 Å². The van der Waals surface area contributed by atoms with Gasteiger partial charge in [-0.25, -0.2) is 9.78 Å². The molecule has 0 amide bonds. The zero-order valence-corrected chi connectivity index (χ0v) is 8.02. The standard InChI is InChI=1S/C10H10N2O2/c1-7-9-4-3-8(10(13)14-2)5-12(9)6-11-7/h3-6H,1-2H3. The molecule has 4 nitrogen and oxygen atoms in total. The largest absolute Gasteiger partial charge is 0.465 e. The van der Waals surface area contributed by atoms with Crippen LogP contribution >= 0.6 is 0 Å². The Bertz CT molecular complexity index is 488. The Morgan fingerprint density at radius 3 is 3.00 bits per heavy atom. The van der Waals surface area contributed by atoms with E-state index in [0.29, 0.717) is 5.56 Å². The summed E-state index contributed by atoms with van der Waals surface area (Å²) >= 11 is 0. The Labute approximate surface area is 81.1 Å². The van der Waals surface area contributed by atoms with Gasteiger partial charge in [-0.3, -0.25) is 0 Å². The highest BCUT2D eigenvalue weighted by atomic mass is 16.5. The second kappa shape index (κ2) is 3.14. The summed E-state index contributed by atoms with van der Waals surface area (Å²) in [4.78, 5) is 15.3. The number of methoxy groups -OCH3 is 1. The van der Waals surface area contributed by atoms with Crippen molar-refractivity contribution >= 4 is 11.5 Å². The molecule has 0 aliphatic rings. The SMILES string of the molecule is COC(=O)c1ccc2c(C)ncn2c1. The molecule has 2 rings (SSSR count). The smallest absolute Gasteiger partial charge is 0.339 e. The van der Waals surface area contributed by atoms with Crippen molar-refractivity contribution in [3.05, 3.63) is 35.9 Å². The minimum atomic E-state index is -0.335. The van der Waals surface area contributed by atoms with Crippen molar-refractivity contribution in [3.63, 3.8) is 0 Å². The van der Waals surface area contributed by atoms with Gasteiger partial charge in [0.05, 0.1) is 30.2 Å². The average Bonchev–Trinajstić information content (AvgIpc) is 2.59. The molecule has 2 aromatic rings. The summed E-state index contributed by atoms with van der Waals surface area (Å²) in [6.45, 7) is 1.92. The number of carbonyl (C=O) groups excluding carboxylic acids is 1. The van der Waals surface area contributed by atoms with Crippen LogP contribution in [0.3, 0.4) is 0 Å². The normalized spacial score (nSPS) is 10.4. The third kappa shape index (κ3) is 1.25. The average molecular weight is 190 g/mol. The van der Waals surface area contributed by atoms with Gasteiger partial charge >= 0.3 is 5.97 Å². The van der Waals surface area contributed by atoms with Crippen LogP contribution < -0.4 is 0 Å². The molecule has 14 heavy (non-hydrogen) atoms. The van der Waals surface area contributed by atoms with Gasteiger partial charge in [-0.15, -0.1) is 0 Å². The third-order valence-corrected chi connectivity index (χ3v) is 2.14. The van der Waals surface area contributed by atoms with E-state index in [1.54, 1.807) is 18.6 Å². The van der Waals surface area contributed by atoms with Gasteiger partial charge in [-0.2, -0.15) is 0 Å². The van der Waals surface area contributed by atoms with Crippen LogP contribution in [0.4, 0.5) is 0 Å². The number of pyridine rings is 1. The molecule has 0 fully saturated rings. The fourth-order valence-corrected chi connectivity index (χ4v) is 1.37. The van der Waals surface area contributed by atoms with E-state index in [2.05, 4.69) is 9.72 Å². The molecule has 0 spiro atoms. The second-order valence-corrected chi connectivity index (χ2v) is 3.03. The molecule has 0 saturated carbocycles. The highest BCUT2D eigenvalue weighted by molar-refractivity contribution is 5.89. The molecule has 0 bridgehead atoms. The third-order valence-electron chi connectivity index (χ3n) is 2.14. The first-order valence-corrected chi connectivity index (χ1v) is 4.24. The number of aromatic nitrogens is 2. The lowest BCUT2D eigenvalue weighted by molar-refractivity contribution is 0.0600. The van der Waals surface area contributed by atoms with Crippen molar-refractivity contribution < 1.29 is 9.53 Å². The van der Waals surface area contributed by atoms with Gasteiger partial charge in [-0.1, -0.05) is 0 Å². The van der Waals surface area contributed by atoms with Gasteiger partial charge in [0.1, 0.15) is 0 Å². The molecule has 2 heterocycles. The van der Waals surface area contributed by atoms with E-state index in [0.717, 1.165) is 11.2 Å². The van der Waals surface area contributed by atoms with Gasteiger partial charge in [-0.05, 0) is 19.1 Å². The molecule has 0 aliphatic carbocycles. The van der Waals surface area contributed by atoms with Crippen molar-refractivity contribution in [1.82, 2.24) is 9.38 Å². The number of imidazole rings is 1. The van der Waals surface area contributed by atoms with Crippen molar-refractivity contribution in [1.29, 1.82) is 0 Å². The van der Waals surface area contributed by atoms with Crippen LogP contribution in [-0.4, -0.2) is 22.5 Å². The molecule has 2 aromatic heterocycles. The Kier molecular flexibility index (Phi) is 1.96. The van der Waals surface area contributed by atoms with Crippen molar-refractivity contribution in [2.45, 2.75) is 6.92 Å². The number of fused-ring (bicyclic) bond motifs is 1. The number of nitrogens with zero attached hydrogens (tertiary/aromatic N) is 2. The lowest BCUT2D eigenvalue weighted by atomic mass is 10.2. The minimum absolute atomic E-state index is 0.335. The van der Waals surface area contributed by atoms with Gasteiger partial charge < -0.3 is 9.14 Å². The number of ether oxygens (including phenoxy) is 1. The highest BCUT2D eigenvalue weighted by Gasteiger charge is 2.06. The Morgan fingerprint density at radius 2 is 2.29 bits per heavy atom. The maximum absolute atomic E-state index is 11.2.